The van der Waals surface area contributed by atoms with Crippen molar-refractivity contribution < 1.29 is 0 Å². The standard InChI is InChI=1S/C52H42N2/c1-51(2)27-28-52(3,4)44-32-46-42(31-43(44)51)48-40-20-12-11-19-39(40)47-41-21-13-14-22-45(41)53(37-17-9-6-10-18-37)49(47)50(48)54(46)38-26-25-35-29-34(23-24-36(35)30-38)33-15-7-5-8-16-33/h5-26,29-32H,27-28H2,1-4H3. The van der Waals surface area contributed by atoms with Crippen LogP contribution in [0.5, 0.6) is 0 Å². The smallest absolute Gasteiger partial charge is 0.0795 e. The highest BCUT2D eigenvalue weighted by Crippen LogP contribution is 2.51. The minimum atomic E-state index is 0.0773. The molecule has 11 rings (SSSR count). The lowest BCUT2D eigenvalue weighted by atomic mass is 9.63. The van der Waals surface area contributed by atoms with E-state index in [9.17, 15) is 0 Å². The van der Waals surface area contributed by atoms with Crippen LogP contribution in [-0.4, -0.2) is 9.13 Å². The fourth-order valence-electron chi connectivity index (χ4n) is 9.80. The molecule has 0 spiro atoms. The second-order valence-electron chi connectivity index (χ2n) is 16.8. The number of aromatic nitrogens is 2. The Morgan fingerprint density at radius 1 is 0.389 bits per heavy atom. The molecule has 0 amide bonds. The van der Waals surface area contributed by atoms with Crippen LogP contribution in [0.25, 0.3) is 87.7 Å². The van der Waals surface area contributed by atoms with Gasteiger partial charge in [0.05, 0.1) is 22.1 Å². The lowest BCUT2D eigenvalue weighted by molar-refractivity contribution is 0.332. The molecule has 0 fully saturated rings. The van der Waals surface area contributed by atoms with Gasteiger partial charge in [0.2, 0.25) is 0 Å². The number of nitrogens with zero attached hydrogens (tertiary/aromatic N) is 2. The number of hydrogen-bond donors (Lipinski definition) is 0. The van der Waals surface area contributed by atoms with Crippen molar-refractivity contribution >= 4 is 65.2 Å². The minimum Gasteiger partial charge on any atom is -0.307 e. The molecule has 8 aromatic carbocycles. The Balaban J connectivity index is 1.36. The summed E-state index contributed by atoms with van der Waals surface area (Å²) in [4.78, 5) is 0. The first-order chi connectivity index (χ1) is 26.3. The van der Waals surface area contributed by atoms with Crippen LogP contribution < -0.4 is 0 Å². The van der Waals surface area contributed by atoms with Gasteiger partial charge in [-0.3, -0.25) is 0 Å². The van der Waals surface area contributed by atoms with Crippen LogP contribution in [0.2, 0.25) is 0 Å². The lowest BCUT2D eigenvalue weighted by Crippen LogP contribution is -2.33. The first-order valence-corrected chi connectivity index (χ1v) is 19.4. The fourth-order valence-corrected chi connectivity index (χ4v) is 9.80. The summed E-state index contributed by atoms with van der Waals surface area (Å²) in [7, 11) is 0. The molecule has 0 saturated carbocycles. The molecule has 0 aliphatic heterocycles. The van der Waals surface area contributed by atoms with Crippen LogP contribution >= 0.6 is 0 Å². The summed E-state index contributed by atoms with van der Waals surface area (Å²) in [6, 6.07) is 58.9. The van der Waals surface area contributed by atoms with Gasteiger partial charge in [-0.15, -0.1) is 0 Å². The van der Waals surface area contributed by atoms with Gasteiger partial charge in [0.15, 0.2) is 0 Å². The van der Waals surface area contributed by atoms with Crippen molar-refractivity contribution in [2.24, 2.45) is 0 Å². The van der Waals surface area contributed by atoms with E-state index in [-0.39, 0.29) is 10.8 Å². The Kier molecular flexibility index (Phi) is 6.51. The predicted octanol–water partition coefficient (Wildman–Crippen LogP) is 14.2. The van der Waals surface area contributed by atoms with E-state index < -0.39 is 0 Å². The number of fused-ring (bicyclic) bond motifs is 12. The van der Waals surface area contributed by atoms with Gasteiger partial charge in [0.1, 0.15) is 0 Å². The SMILES string of the molecule is CC1(C)CCC(C)(C)c2cc3c(cc21)c1c2ccccc2c2c4ccccc4n(-c4ccccc4)c2c1n3-c1ccc2cc(-c3ccccc3)ccc2c1. The van der Waals surface area contributed by atoms with Gasteiger partial charge in [-0.05, 0) is 116 Å². The largest absolute Gasteiger partial charge is 0.307 e. The monoisotopic (exact) mass is 694 g/mol. The maximum Gasteiger partial charge on any atom is 0.0795 e. The molecule has 0 bridgehead atoms. The zero-order chi connectivity index (χ0) is 36.3. The molecule has 2 heterocycles. The van der Waals surface area contributed by atoms with E-state index in [0.29, 0.717) is 0 Å². The van der Waals surface area contributed by atoms with Crippen molar-refractivity contribution in [1.29, 1.82) is 0 Å². The summed E-state index contributed by atoms with van der Waals surface area (Å²) in [5, 5.41) is 10.3. The molecule has 54 heavy (non-hydrogen) atoms. The molecule has 1 aliphatic rings. The number of para-hydroxylation sites is 2. The van der Waals surface area contributed by atoms with Gasteiger partial charge >= 0.3 is 0 Å². The van der Waals surface area contributed by atoms with E-state index in [0.717, 1.165) is 0 Å². The summed E-state index contributed by atoms with van der Waals surface area (Å²) in [6.07, 6.45) is 2.36. The van der Waals surface area contributed by atoms with E-state index in [2.05, 4.69) is 195 Å². The van der Waals surface area contributed by atoms with Crippen LogP contribution in [0.1, 0.15) is 51.7 Å². The van der Waals surface area contributed by atoms with Gasteiger partial charge < -0.3 is 9.13 Å². The second kappa shape index (κ2) is 11.2. The molecule has 0 unspecified atom stereocenters. The molecule has 0 saturated heterocycles. The van der Waals surface area contributed by atoms with E-state index in [1.165, 1.54) is 112 Å². The Bertz CT molecular complexity index is 3140. The molecule has 10 aromatic rings. The third-order valence-electron chi connectivity index (χ3n) is 12.7. The van der Waals surface area contributed by atoms with Crippen LogP contribution in [-0.2, 0) is 10.8 Å². The average molecular weight is 695 g/mol. The quantitative estimate of drug-likeness (QED) is 0.174. The maximum absolute atomic E-state index is 2.61. The van der Waals surface area contributed by atoms with Crippen molar-refractivity contribution in [2.75, 3.05) is 0 Å². The van der Waals surface area contributed by atoms with E-state index in [1.54, 1.807) is 0 Å². The van der Waals surface area contributed by atoms with Crippen molar-refractivity contribution in [2.45, 2.75) is 51.4 Å². The summed E-state index contributed by atoms with van der Waals surface area (Å²) < 4.78 is 5.13. The Labute approximate surface area is 315 Å². The summed E-state index contributed by atoms with van der Waals surface area (Å²) >= 11 is 0. The zero-order valence-electron chi connectivity index (χ0n) is 31.3. The third-order valence-corrected chi connectivity index (χ3v) is 12.7. The Hall–Kier alpha value is -6.12. The molecular formula is C52H42N2. The highest BCUT2D eigenvalue weighted by Gasteiger charge is 2.38. The maximum atomic E-state index is 2.61. The molecular weight excluding hydrogens is 653 g/mol. The van der Waals surface area contributed by atoms with Crippen molar-refractivity contribution in [1.82, 2.24) is 9.13 Å². The van der Waals surface area contributed by atoms with E-state index in [4.69, 9.17) is 0 Å². The first kappa shape index (κ1) is 31.4. The average Bonchev–Trinajstić information content (AvgIpc) is 3.73. The molecule has 1 aliphatic carbocycles. The van der Waals surface area contributed by atoms with E-state index in [1.807, 2.05) is 0 Å². The topological polar surface area (TPSA) is 9.86 Å². The lowest BCUT2D eigenvalue weighted by Gasteiger charge is -2.42. The van der Waals surface area contributed by atoms with Gasteiger partial charge in [-0.25, -0.2) is 0 Å². The van der Waals surface area contributed by atoms with Gasteiger partial charge in [-0.2, -0.15) is 0 Å². The van der Waals surface area contributed by atoms with Crippen molar-refractivity contribution in [3.63, 3.8) is 0 Å². The first-order valence-electron chi connectivity index (χ1n) is 19.4. The second-order valence-corrected chi connectivity index (χ2v) is 16.8. The summed E-state index contributed by atoms with van der Waals surface area (Å²) in [6.45, 7) is 9.79. The highest BCUT2D eigenvalue weighted by atomic mass is 15.0. The van der Waals surface area contributed by atoms with Crippen molar-refractivity contribution in [3.05, 3.63) is 169 Å². The minimum absolute atomic E-state index is 0.0773. The third kappa shape index (κ3) is 4.40. The number of hydrogen-bond acceptors (Lipinski definition) is 0. The van der Waals surface area contributed by atoms with Crippen LogP contribution in [0.4, 0.5) is 0 Å². The highest BCUT2D eigenvalue weighted by molar-refractivity contribution is 6.36. The molecule has 0 N–H and O–H groups in total. The number of benzene rings is 8. The van der Waals surface area contributed by atoms with Gasteiger partial charge in [-0.1, -0.05) is 137 Å². The van der Waals surface area contributed by atoms with Crippen LogP contribution in [0, 0.1) is 0 Å². The zero-order valence-corrected chi connectivity index (χ0v) is 31.3. The predicted molar refractivity (Wildman–Crippen MR) is 231 cm³/mol. The molecule has 2 aromatic heterocycles. The van der Waals surface area contributed by atoms with Crippen molar-refractivity contribution in [3.8, 4) is 22.5 Å². The Morgan fingerprint density at radius 3 is 1.63 bits per heavy atom. The Morgan fingerprint density at radius 2 is 0.926 bits per heavy atom. The molecule has 2 heteroatoms. The molecule has 2 nitrogen and oxygen atoms in total. The van der Waals surface area contributed by atoms with Gasteiger partial charge in [0.25, 0.3) is 0 Å². The van der Waals surface area contributed by atoms with Gasteiger partial charge in [0, 0.05) is 32.9 Å². The van der Waals surface area contributed by atoms with Crippen LogP contribution in [0.3, 0.4) is 0 Å². The molecule has 0 atom stereocenters. The normalized spacial score (nSPS) is 15.2. The molecule has 260 valence electrons. The summed E-state index contributed by atoms with van der Waals surface area (Å²) in [5.74, 6) is 0. The number of rotatable bonds is 3. The summed E-state index contributed by atoms with van der Waals surface area (Å²) in [5.41, 5.74) is 13.0. The van der Waals surface area contributed by atoms with Crippen LogP contribution in [0.15, 0.2) is 158 Å². The molecule has 0 radical (unpaired) electrons. The van der Waals surface area contributed by atoms with E-state index >= 15 is 0 Å². The fraction of sp³-hybridized carbons (Fsp3) is 0.154.